The van der Waals surface area contributed by atoms with Crippen molar-refractivity contribution in [2.24, 2.45) is 0 Å². The van der Waals surface area contributed by atoms with Gasteiger partial charge in [0.05, 0.1) is 18.1 Å². The first-order valence-corrected chi connectivity index (χ1v) is 13.1. The van der Waals surface area contributed by atoms with Crippen molar-refractivity contribution in [1.29, 1.82) is 0 Å². The van der Waals surface area contributed by atoms with Gasteiger partial charge in [-0.1, -0.05) is 54.6 Å². The van der Waals surface area contributed by atoms with Crippen LogP contribution in [0.15, 0.2) is 83.7 Å². The summed E-state index contributed by atoms with van der Waals surface area (Å²) in [7, 11) is 1.66. The lowest BCUT2D eigenvalue weighted by Crippen LogP contribution is -2.41. The number of aromatic nitrogens is 2. The SMILES string of the molecule is COc1ccc(CN(CCOC(=O)N2CCC(n3c(=O)[nH]c4ccccc43)CC2)Cc2ccccc2)cc1. The number of aromatic amines is 1. The number of imidazole rings is 1. The minimum atomic E-state index is -0.293. The first kappa shape index (κ1) is 25.6. The van der Waals surface area contributed by atoms with Crippen LogP contribution in [0.2, 0.25) is 0 Å². The van der Waals surface area contributed by atoms with E-state index in [1.54, 1.807) is 12.0 Å². The van der Waals surface area contributed by atoms with Gasteiger partial charge in [0.15, 0.2) is 0 Å². The van der Waals surface area contributed by atoms with E-state index >= 15 is 0 Å². The fraction of sp³-hybridized carbons (Fsp3) is 0.333. The van der Waals surface area contributed by atoms with Crippen LogP contribution in [0, 0.1) is 0 Å². The number of methoxy groups -OCH3 is 1. The van der Waals surface area contributed by atoms with E-state index in [0.717, 1.165) is 29.9 Å². The van der Waals surface area contributed by atoms with Crippen LogP contribution in [0.5, 0.6) is 5.75 Å². The number of nitrogens with one attached hydrogen (secondary N) is 1. The van der Waals surface area contributed by atoms with Crippen molar-refractivity contribution in [2.45, 2.75) is 32.0 Å². The van der Waals surface area contributed by atoms with E-state index in [-0.39, 0.29) is 17.8 Å². The zero-order chi connectivity index (χ0) is 26.3. The van der Waals surface area contributed by atoms with Crippen LogP contribution in [0.3, 0.4) is 0 Å². The molecule has 0 spiro atoms. The number of carbonyl (C=O) groups is 1. The standard InChI is InChI=1S/C30H34N4O4/c1-37-26-13-11-24(12-14-26)22-32(21-23-7-3-2-4-8-23)19-20-38-30(36)33-17-15-25(16-18-33)34-28-10-6-5-9-27(28)31-29(34)35/h2-14,25H,15-22H2,1H3,(H,31,35). The van der Waals surface area contributed by atoms with Gasteiger partial charge in [-0.05, 0) is 48.2 Å². The maximum Gasteiger partial charge on any atom is 0.409 e. The van der Waals surface area contributed by atoms with E-state index in [1.807, 2.05) is 59.2 Å². The Kier molecular flexibility index (Phi) is 8.09. The number of fused-ring (bicyclic) bond motifs is 1. The van der Waals surface area contributed by atoms with Crippen molar-refractivity contribution in [1.82, 2.24) is 19.4 Å². The minimum absolute atomic E-state index is 0.0635. The number of piperidine rings is 1. The zero-order valence-corrected chi connectivity index (χ0v) is 21.7. The van der Waals surface area contributed by atoms with E-state index in [0.29, 0.717) is 39.1 Å². The normalized spacial score (nSPS) is 14.2. The highest BCUT2D eigenvalue weighted by Crippen LogP contribution is 2.25. The van der Waals surface area contributed by atoms with E-state index in [9.17, 15) is 9.59 Å². The van der Waals surface area contributed by atoms with Gasteiger partial charge < -0.3 is 19.4 Å². The molecule has 1 saturated heterocycles. The highest BCUT2D eigenvalue weighted by molar-refractivity contribution is 5.75. The van der Waals surface area contributed by atoms with Gasteiger partial charge in [-0.2, -0.15) is 0 Å². The van der Waals surface area contributed by atoms with Gasteiger partial charge in [0.25, 0.3) is 0 Å². The lowest BCUT2D eigenvalue weighted by molar-refractivity contribution is 0.0769. The van der Waals surface area contributed by atoms with E-state index in [1.165, 1.54) is 11.1 Å². The molecule has 0 unspecified atom stereocenters. The third-order valence-electron chi connectivity index (χ3n) is 7.16. The molecule has 0 saturated carbocycles. The summed E-state index contributed by atoms with van der Waals surface area (Å²) in [5.74, 6) is 0.829. The number of ether oxygens (including phenoxy) is 2. The number of rotatable bonds is 9. The Morgan fingerprint density at radius 2 is 1.58 bits per heavy atom. The maximum absolute atomic E-state index is 12.8. The Morgan fingerprint density at radius 3 is 2.29 bits per heavy atom. The monoisotopic (exact) mass is 514 g/mol. The Hall–Kier alpha value is -4.04. The first-order valence-electron chi connectivity index (χ1n) is 13.1. The molecule has 3 aromatic carbocycles. The van der Waals surface area contributed by atoms with Gasteiger partial charge in [0.1, 0.15) is 12.4 Å². The lowest BCUT2D eigenvalue weighted by atomic mass is 10.0. The second kappa shape index (κ2) is 12.0. The number of para-hydroxylation sites is 2. The molecule has 1 amide bonds. The van der Waals surface area contributed by atoms with Gasteiger partial charge in [-0.25, -0.2) is 9.59 Å². The molecular weight excluding hydrogens is 480 g/mol. The third kappa shape index (κ3) is 6.08. The second-order valence-corrected chi connectivity index (χ2v) is 9.69. The summed E-state index contributed by atoms with van der Waals surface area (Å²) < 4.78 is 12.8. The summed E-state index contributed by atoms with van der Waals surface area (Å²) in [6.45, 7) is 3.55. The number of likely N-dealkylation sites (tertiary alicyclic amines) is 1. The van der Waals surface area contributed by atoms with Crippen molar-refractivity contribution in [3.8, 4) is 5.75 Å². The number of H-pyrrole nitrogens is 1. The van der Waals surface area contributed by atoms with Crippen LogP contribution in [-0.4, -0.2) is 58.8 Å². The quantitative estimate of drug-likeness (QED) is 0.347. The Labute approximate surface area is 222 Å². The maximum atomic E-state index is 12.8. The molecule has 0 aliphatic carbocycles. The predicted octanol–water partition coefficient (Wildman–Crippen LogP) is 4.81. The molecule has 8 nitrogen and oxygen atoms in total. The number of nitrogens with zero attached hydrogens (tertiary/aromatic N) is 3. The number of hydrogen-bond acceptors (Lipinski definition) is 5. The molecule has 38 heavy (non-hydrogen) atoms. The van der Waals surface area contributed by atoms with Gasteiger partial charge in [0, 0.05) is 38.8 Å². The van der Waals surface area contributed by atoms with Crippen LogP contribution < -0.4 is 10.4 Å². The molecule has 1 aliphatic heterocycles. The van der Waals surface area contributed by atoms with Crippen LogP contribution in [-0.2, 0) is 17.8 Å². The van der Waals surface area contributed by atoms with Crippen LogP contribution in [0.4, 0.5) is 4.79 Å². The largest absolute Gasteiger partial charge is 0.497 e. The number of amides is 1. The van der Waals surface area contributed by atoms with Gasteiger partial charge >= 0.3 is 11.8 Å². The molecule has 1 aliphatic rings. The molecule has 0 atom stereocenters. The minimum Gasteiger partial charge on any atom is -0.497 e. The summed E-state index contributed by atoms with van der Waals surface area (Å²) in [6.07, 6.45) is 1.14. The highest BCUT2D eigenvalue weighted by Gasteiger charge is 2.27. The van der Waals surface area contributed by atoms with Crippen LogP contribution >= 0.6 is 0 Å². The van der Waals surface area contributed by atoms with Crippen LogP contribution in [0.1, 0.15) is 30.0 Å². The number of carbonyl (C=O) groups excluding carboxylic acids is 1. The fourth-order valence-electron chi connectivity index (χ4n) is 5.14. The molecular formula is C30H34N4O4. The molecule has 0 radical (unpaired) electrons. The predicted molar refractivity (Wildman–Crippen MR) is 147 cm³/mol. The zero-order valence-electron chi connectivity index (χ0n) is 21.7. The number of hydrogen-bond donors (Lipinski definition) is 1. The second-order valence-electron chi connectivity index (χ2n) is 9.69. The van der Waals surface area contributed by atoms with Crippen molar-refractivity contribution in [3.63, 3.8) is 0 Å². The summed E-state index contributed by atoms with van der Waals surface area (Å²) in [5, 5.41) is 0. The first-order chi connectivity index (χ1) is 18.6. The highest BCUT2D eigenvalue weighted by atomic mass is 16.6. The average Bonchev–Trinajstić information content (AvgIpc) is 3.29. The summed E-state index contributed by atoms with van der Waals surface area (Å²) in [6, 6.07) is 26.1. The summed E-state index contributed by atoms with van der Waals surface area (Å²) >= 11 is 0. The van der Waals surface area contributed by atoms with E-state index in [4.69, 9.17) is 9.47 Å². The number of benzene rings is 3. The Morgan fingerprint density at radius 1 is 0.921 bits per heavy atom. The Balaban J connectivity index is 1.15. The van der Waals surface area contributed by atoms with Gasteiger partial charge in [0.2, 0.25) is 0 Å². The molecule has 8 heteroatoms. The molecule has 2 heterocycles. The third-order valence-corrected chi connectivity index (χ3v) is 7.16. The Bertz CT molecular complexity index is 1390. The van der Waals surface area contributed by atoms with E-state index in [2.05, 4.69) is 34.1 Å². The molecule has 1 aromatic heterocycles. The van der Waals surface area contributed by atoms with E-state index < -0.39 is 0 Å². The van der Waals surface area contributed by atoms with Crippen LogP contribution in [0.25, 0.3) is 11.0 Å². The molecule has 5 rings (SSSR count). The summed E-state index contributed by atoms with van der Waals surface area (Å²) in [4.78, 5) is 32.3. The van der Waals surface area contributed by atoms with Crippen molar-refractivity contribution >= 4 is 17.1 Å². The van der Waals surface area contributed by atoms with Gasteiger partial charge in [-0.3, -0.25) is 9.47 Å². The van der Waals surface area contributed by atoms with Crippen molar-refractivity contribution in [2.75, 3.05) is 33.4 Å². The topological polar surface area (TPSA) is 79.8 Å². The average molecular weight is 515 g/mol. The molecule has 4 aromatic rings. The smallest absolute Gasteiger partial charge is 0.409 e. The van der Waals surface area contributed by atoms with Gasteiger partial charge in [-0.15, -0.1) is 0 Å². The lowest BCUT2D eigenvalue weighted by Gasteiger charge is -2.32. The molecule has 198 valence electrons. The molecule has 1 fully saturated rings. The van der Waals surface area contributed by atoms with Crippen molar-refractivity contribution < 1.29 is 14.3 Å². The summed E-state index contributed by atoms with van der Waals surface area (Å²) in [5.41, 5.74) is 4.04. The van der Waals surface area contributed by atoms with Crippen molar-refractivity contribution in [3.05, 3.63) is 100 Å². The molecule has 1 N–H and O–H groups in total. The fourth-order valence-corrected chi connectivity index (χ4v) is 5.14. The molecule has 0 bridgehead atoms.